The Morgan fingerprint density at radius 2 is 1.62 bits per heavy atom. The third-order valence-corrected chi connectivity index (χ3v) is 1.85. The number of hydrogen-bond donors (Lipinski definition) is 1. The Hall–Kier alpha value is -0.610. The van der Waals surface area contributed by atoms with Gasteiger partial charge in [-0.3, -0.25) is 0 Å². The fourth-order valence-electron chi connectivity index (χ4n) is 1.17. The average Bonchev–Trinajstić information content (AvgIpc) is 1.99. The Bertz CT molecular complexity index is 194. The van der Waals surface area contributed by atoms with Gasteiger partial charge in [0.2, 0.25) is 0 Å². The van der Waals surface area contributed by atoms with Gasteiger partial charge in [-0.1, -0.05) is 0 Å². The van der Waals surface area contributed by atoms with Crippen LogP contribution in [0.25, 0.3) is 0 Å². The molecule has 0 fully saturated rings. The number of carbonyl (C=O) groups is 1. The summed E-state index contributed by atoms with van der Waals surface area (Å²) in [5.74, 6) is -0.454. The Labute approximate surface area is 79.4 Å². The van der Waals surface area contributed by atoms with E-state index in [1.807, 2.05) is 20.8 Å². The minimum atomic E-state index is -1.02. The van der Waals surface area contributed by atoms with Gasteiger partial charge in [0.1, 0.15) is 5.54 Å². The fourth-order valence-corrected chi connectivity index (χ4v) is 1.17. The summed E-state index contributed by atoms with van der Waals surface area (Å²) >= 11 is 0. The predicted octanol–water partition coefficient (Wildman–Crippen LogP) is 1.43. The van der Waals surface area contributed by atoms with Crippen molar-refractivity contribution >= 4 is 5.97 Å². The van der Waals surface area contributed by atoms with Crippen LogP contribution in [0, 0.1) is 0 Å². The maximum absolute atomic E-state index is 11.3. The van der Waals surface area contributed by atoms with Crippen molar-refractivity contribution in [3.8, 4) is 0 Å². The van der Waals surface area contributed by atoms with Gasteiger partial charge in [0, 0.05) is 5.54 Å². The van der Waals surface area contributed by atoms with E-state index in [2.05, 4.69) is 4.74 Å². The fraction of sp³-hybridized carbons (Fsp3) is 0.889. The van der Waals surface area contributed by atoms with Crippen LogP contribution in [0.5, 0.6) is 0 Å². The topological polar surface area (TPSA) is 49.8 Å². The lowest BCUT2D eigenvalue weighted by Crippen LogP contribution is -2.56. The van der Waals surface area contributed by atoms with E-state index in [1.54, 1.807) is 13.8 Å². The van der Waals surface area contributed by atoms with Gasteiger partial charge in [-0.05, 0) is 34.6 Å². The predicted molar refractivity (Wildman–Crippen MR) is 49.5 cm³/mol. The number of esters is 1. The van der Waals surface area contributed by atoms with Crippen LogP contribution >= 0.6 is 0 Å². The van der Waals surface area contributed by atoms with Crippen LogP contribution in [0.15, 0.2) is 0 Å². The number of hydroxylamine groups is 2. The zero-order valence-electron chi connectivity index (χ0n) is 9.21. The van der Waals surface area contributed by atoms with Crippen LogP contribution in [0.1, 0.15) is 34.6 Å². The number of rotatable bonds is 2. The molecule has 1 N–H and O–H groups in total. The molecule has 0 heterocycles. The molecule has 0 radical (unpaired) electrons. The van der Waals surface area contributed by atoms with Gasteiger partial charge in [0.25, 0.3) is 0 Å². The molecular weight excluding hydrogens is 170 g/mol. The van der Waals surface area contributed by atoms with E-state index in [1.165, 1.54) is 7.11 Å². The number of hydrogen-bond acceptors (Lipinski definition) is 4. The molecule has 0 rings (SSSR count). The first-order chi connectivity index (χ1) is 5.64. The summed E-state index contributed by atoms with van der Waals surface area (Å²) in [5, 5.41) is 10.8. The summed E-state index contributed by atoms with van der Waals surface area (Å²) in [7, 11) is 1.31. The molecule has 0 saturated carbocycles. The summed E-state index contributed by atoms with van der Waals surface area (Å²) in [6, 6.07) is 0. The Morgan fingerprint density at radius 3 is 1.85 bits per heavy atom. The number of carbonyl (C=O) groups excluding carboxylic acids is 1. The smallest absolute Gasteiger partial charge is 0.328 e. The van der Waals surface area contributed by atoms with Gasteiger partial charge in [-0.2, -0.15) is 5.06 Å². The quantitative estimate of drug-likeness (QED) is 0.527. The van der Waals surface area contributed by atoms with E-state index in [0.717, 1.165) is 5.06 Å². The van der Waals surface area contributed by atoms with Crippen molar-refractivity contribution in [2.24, 2.45) is 0 Å². The molecule has 13 heavy (non-hydrogen) atoms. The van der Waals surface area contributed by atoms with Crippen molar-refractivity contribution in [3.63, 3.8) is 0 Å². The van der Waals surface area contributed by atoms with Crippen LogP contribution in [-0.4, -0.2) is 34.4 Å². The van der Waals surface area contributed by atoms with Gasteiger partial charge >= 0.3 is 5.97 Å². The molecule has 0 spiro atoms. The molecule has 0 amide bonds. The molecule has 4 heteroatoms. The van der Waals surface area contributed by atoms with Crippen LogP contribution in [0.2, 0.25) is 0 Å². The summed E-state index contributed by atoms with van der Waals surface area (Å²) < 4.78 is 4.59. The first kappa shape index (κ1) is 12.4. The molecule has 0 saturated heterocycles. The minimum absolute atomic E-state index is 0.454. The molecule has 4 nitrogen and oxygen atoms in total. The molecule has 0 aromatic heterocycles. The molecule has 0 aliphatic heterocycles. The number of ether oxygens (including phenoxy) is 1. The normalized spacial score (nSPS) is 13.2. The monoisotopic (exact) mass is 189 g/mol. The van der Waals surface area contributed by atoms with Crippen molar-refractivity contribution < 1.29 is 14.7 Å². The molecule has 0 unspecified atom stereocenters. The largest absolute Gasteiger partial charge is 0.468 e. The van der Waals surface area contributed by atoms with E-state index in [9.17, 15) is 10.0 Å². The first-order valence-electron chi connectivity index (χ1n) is 4.21. The highest BCUT2D eigenvalue weighted by Gasteiger charge is 2.41. The van der Waals surface area contributed by atoms with Crippen molar-refractivity contribution in [2.75, 3.05) is 7.11 Å². The van der Waals surface area contributed by atoms with Crippen molar-refractivity contribution in [2.45, 2.75) is 45.7 Å². The summed E-state index contributed by atoms with van der Waals surface area (Å²) in [6.07, 6.45) is 0. The summed E-state index contributed by atoms with van der Waals surface area (Å²) in [6.45, 7) is 8.68. The minimum Gasteiger partial charge on any atom is -0.468 e. The number of methoxy groups -OCH3 is 1. The molecule has 0 bridgehead atoms. The van der Waals surface area contributed by atoms with Crippen LogP contribution in [-0.2, 0) is 9.53 Å². The lowest BCUT2D eigenvalue weighted by atomic mass is 9.98. The Balaban J connectivity index is 4.74. The molecule has 0 aliphatic rings. The molecule has 78 valence electrons. The highest BCUT2D eigenvalue weighted by molar-refractivity contribution is 5.79. The second-order valence-electron chi connectivity index (χ2n) is 4.53. The molecule has 0 aromatic carbocycles. The molecule has 0 aromatic rings. The zero-order valence-corrected chi connectivity index (χ0v) is 9.21. The Morgan fingerprint density at radius 1 is 1.23 bits per heavy atom. The molecule has 0 aliphatic carbocycles. The van der Waals surface area contributed by atoms with Gasteiger partial charge in [-0.25, -0.2) is 4.79 Å². The average molecular weight is 189 g/mol. The van der Waals surface area contributed by atoms with Gasteiger partial charge < -0.3 is 9.94 Å². The van der Waals surface area contributed by atoms with Crippen LogP contribution in [0.3, 0.4) is 0 Å². The lowest BCUT2D eigenvalue weighted by Gasteiger charge is -2.39. The SMILES string of the molecule is COC(=O)C(C)(C)N(O)C(C)(C)C. The maximum Gasteiger partial charge on any atom is 0.328 e. The van der Waals surface area contributed by atoms with E-state index < -0.39 is 17.0 Å². The third kappa shape index (κ3) is 2.67. The second-order valence-corrected chi connectivity index (χ2v) is 4.53. The second kappa shape index (κ2) is 3.64. The van der Waals surface area contributed by atoms with Gasteiger partial charge in [-0.15, -0.1) is 0 Å². The highest BCUT2D eigenvalue weighted by Crippen LogP contribution is 2.23. The lowest BCUT2D eigenvalue weighted by molar-refractivity contribution is -0.227. The van der Waals surface area contributed by atoms with Crippen LogP contribution in [0.4, 0.5) is 0 Å². The Kier molecular flexibility index (Phi) is 3.47. The van der Waals surface area contributed by atoms with Crippen molar-refractivity contribution in [1.82, 2.24) is 5.06 Å². The van der Waals surface area contributed by atoms with Gasteiger partial charge in [0.05, 0.1) is 7.11 Å². The van der Waals surface area contributed by atoms with E-state index >= 15 is 0 Å². The van der Waals surface area contributed by atoms with Crippen molar-refractivity contribution in [1.29, 1.82) is 0 Å². The standard InChI is InChI=1S/C9H19NO3/c1-8(2,3)10(12)9(4,5)7(11)13-6/h12H,1-6H3. The van der Waals surface area contributed by atoms with E-state index in [0.29, 0.717) is 0 Å². The zero-order chi connectivity index (χ0) is 10.9. The summed E-state index contributed by atoms with van der Waals surface area (Å²) in [4.78, 5) is 11.3. The first-order valence-corrected chi connectivity index (χ1v) is 4.21. The summed E-state index contributed by atoms with van der Waals surface area (Å²) in [5.41, 5.74) is -1.51. The number of nitrogens with zero attached hydrogens (tertiary/aromatic N) is 1. The maximum atomic E-state index is 11.3. The van der Waals surface area contributed by atoms with E-state index in [-0.39, 0.29) is 0 Å². The third-order valence-electron chi connectivity index (χ3n) is 1.85. The molecule has 0 atom stereocenters. The van der Waals surface area contributed by atoms with Crippen molar-refractivity contribution in [3.05, 3.63) is 0 Å². The van der Waals surface area contributed by atoms with Gasteiger partial charge in [0.15, 0.2) is 0 Å². The van der Waals surface area contributed by atoms with E-state index in [4.69, 9.17) is 0 Å². The highest BCUT2D eigenvalue weighted by atomic mass is 16.5. The molecular formula is C9H19NO3. The van der Waals surface area contributed by atoms with Crippen LogP contribution < -0.4 is 0 Å².